The molecule has 0 aromatic heterocycles. The van der Waals surface area contributed by atoms with Crippen LogP contribution in [0.2, 0.25) is 0 Å². The Balaban J connectivity index is 4.86. The number of quaternary nitrogens is 1. The first kappa shape index (κ1) is 26.1. The molecule has 0 saturated carbocycles. The van der Waals surface area contributed by atoms with Crippen LogP contribution in [0.5, 0.6) is 0 Å². The Hall–Kier alpha value is 0.137. The van der Waals surface area contributed by atoms with E-state index in [1.54, 1.807) is 0 Å². The summed E-state index contributed by atoms with van der Waals surface area (Å²) in [5.41, 5.74) is 0. The van der Waals surface area contributed by atoms with Crippen molar-refractivity contribution in [3.8, 4) is 0 Å². The maximum absolute atomic E-state index is 6.18. The second kappa shape index (κ2) is 18.5. The monoisotopic (exact) mass is 386 g/mol. The molecule has 0 bridgehead atoms. The van der Waals surface area contributed by atoms with Crippen molar-refractivity contribution in [3.05, 3.63) is 0 Å². The van der Waals surface area contributed by atoms with Crippen LogP contribution >= 0.6 is 0 Å². The summed E-state index contributed by atoms with van der Waals surface area (Å²) in [4.78, 5) is 0. The van der Waals surface area contributed by atoms with Crippen molar-refractivity contribution in [2.45, 2.75) is 118 Å². The Morgan fingerprint density at radius 3 is 1.58 bits per heavy atom. The molecule has 0 N–H and O–H groups in total. The summed E-state index contributed by atoms with van der Waals surface area (Å²) in [5, 5.41) is 0. The third-order valence-corrected chi connectivity index (χ3v) is 8.03. The van der Waals surface area contributed by atoms with Gasteiger partial charge in [0, 0.05) is 6.61 Å². The topological polar surface area (TPSA) is 9.23 Å². The zero-order chi connectivity index (χ0) is 19.5. The third kappa shape index (κ3) is 13.3. The average Bonchev–Trinajstić information content (AvgIpc) is 2.65. The van der Waals surface area contributed by atoms with E-state index in [-0.39, 0.29) is 0 Å². The minimum Gasteiger partial charge on any atom is -0.375 e. The molecule has 0 aliphatic heterocycles. The van der Waals surface area contributed by atoms with Gasteiger partial charge in [-0.05, 0) is 44.9 Å². The second-order valence-corrected chi connectivity index (χ2v) is 10.5. The molecule has 0 unspecified atom stereocenters. The smallest absolute Gasteiger partial charge is 0.375 e. The highest BCUT2D eigenvalue weighted by atomic mass is 28.2. The lowest BCUT2D eigenvalue weighted by molar-refractivity contribution is -0.830. The van der Waals surface area contributed by atoms with Crippen molar-refractivity contribution in [2.24, 2.45) is 5.92 Å². The fraction of sp³-hybridized carbons (Fsp3) is 1.00. The highest BCUT2D eigenvalue weighted by Gasteiger charge is 2.28. The van der Waals surface area contributed by atoms with Crippen molar-refractivity contribution < 1.29 is 8.57 Å². The van der Waals surface area contributed by atoms with E-state index in [1.165, 1.54) is 107 Å². The summed E-state index contributed by atoms with van der Waals surface area (Å²) in [6, 6.07) is 0. The second-order valence-electron chi connectivity index (χ2n) is 8.49. The zero-order valence-electron chi connectivity index (χ0n) is 19.2. The van der Waals surface area contributed by atoms with E-state index in [2.05, 4.69) is 34.6 Å². The number of nitrogens with zero attached hydrogens (tertiary/aromatic N) is 1. The van der Waals surface area contributed by atoms with E-state index < -0.39 is 9.92 Å². The first-order chi connectivity index (χ1) is 12.7. The van der Waals surface area contributed by atoms with Crippen LogP contribution in [0.4, 0.5) is 0 Å². The first-order valence-electron chi connectivity index (χ1n) is 12.1. The van der Waals surface area contributed by atoms with Gasteiger partial charge in [-0.15, -0.1) is 0 Å². The average molecular weight is 387 g/mol. The zero-order valence-corrected chi connectivity index (χ0v) is 20.6. The first-order valence-corrected chi connectivity index (χ1v) is 13.3. The predicted molar refractivity (Wildman–Crippen MR) is 121 cm³/mol. The summed E-state index contributed by atoms with van der Waals surface area (Å²) < 4.78 is 7.54. The van der Waals surface area contributed by atoms with Crippen LogP contribution in [0.1, 0.15) is 118 Å². The molecule has 0 rings (SSSR count). The van der Waals surface area contributed by atoms with Gasteiger partial charge in [0.1, 0.15) is 0 Å². The van der Waals surface area contributed by atoms with Gasteiger partial charge in [0.2, 0.25) is 0 Å². The number of hydrogen-bond donors (Lipinski definition) is 0. The Kier molecular flexibility index (Phi) is 18.6. The Morgan fingerprint density at radius 1 is 0.615 bits per heavy atom. The maximum atomic E-state index is 6.18. The fourth-order valence-electron chi connectivity index (χ4n) is 4.27. The summed E-state index contributed by atoms with van der Waals surface area (Å²) in [7, 11) is -0.483. The van der Waals surface area contributed by atoms with Crippen LogP contribution in [0.3, 0.4) is 0 Å². The minimum absolute atomic E-state index is 0.483. The summed E-state index contributed by atoms with van der Waals surface area (Å²) in [6.07, 6.45) is 18.1. The van der Waals surface area contributed by atoms with Crippen LogP contribution in [0.25, 0.3) is 0 Å². The molecule has 0 heterocycles. The third-order valence-electron chi connectivity index (χ3n) is 5.95. The summed E-state index contributed by atoms with van der Waals surface area (Å²) in [5.74, 6) is 0.949. The minimum atomic E-state index is -0.483. The molecule has 0 saturated heterocycles. The number of rotatable bonds is 20. The molecule has 3 heteroatoms. The number of hydrogen-bond acceptors (Lipinski definition) is 1. The van der Waals surface area contributed by atoms with Crippen molar-refractivity contribution in [1.29, 1.82) is 0 Å². The Labute approximate surface area is 169 Å². The van der Waals surface area contributed by atoms with Gasteiger partial charge >= 0.3 is 9.92 Å². The predicted octanol–water partition coefficient (Wildman–Crippen LogP) is 6.61. The molecular weight excluding hydrogens is 334 g/mol. The molecule has 158 valence electrons. The molecule has 2 nitrogen and oxygen atoms in total. The quantitative estimate of drug-likeness (QED) is 0.169. The van der Waals surface area contributed by atoms with Gasteiger partial charge in [0.05, 0.1) is 19.6 Å². The van der Waals surface area contributed by atoms with Crippen LogP contribution < -0.4 is 0 Å². The Bertz CT molecular complexity index is 267. The highest BCUT2D eigenvalue weighted by Crippen LogP contribution is 2.22. The molecular formula is C23H52NOSi+. The molecule has 0 atom stereocenters. The number of unbranched alkanes of at least 4 members (excludes halogenated alkanes) is 6. The summed E-state index contributed by atoms with van der Waals surface area (Å²) >= 11 is 0. The lowest BCUT2D eigenvalue weighted by Crippen LogP contribution is -2.54. The van der Waals surface area contributed by atoms with Gasteiger partial charge in [0.25, 0.3) is 0 Å². The van der Waals surface area contributed by atoms with Gasteiger partial charge in [0.15, 0.2) is 0 Å². The van der Waals surface area contributed by atoms with E-state index in [9.17, 15) is 0 Å². The molecule has 0 aliphatic rings. The van der Waals surface area contributed by atoms with Crippen molar-refractivity contribution >= 4 is 9.92 Å². The van der Waals surface area contributed by atoms with Crippen LogP contribution in [-0.4, -0.2) is 40.3 Å². The van der Waals surface area contributed by atoms with Crippen molar-refractivity contribution in [3.63, 3.8) is 0 Å². The molecule has 0 amide bonds. The fourth-order valence-corrected chi connectivity index (χ4v) is 5.85. The van der Waals surface area contributed by atoms with Gasteiger partial charge in [-0.25, -0.2) is 0 Å². The van der Waals surface area contributed by atoms with Crippen LogP contribution in [0.15, 0.2) is 0 Å². The molecule has 0 radical (unpaired) electrons. The van der Waals surface area contributed by atoms with E-state index in [0.717, 1.165) is 12.5 Å². The van der Waals surface area contributed by atoms with Crippen LogP contribution in [-0.2, 0) is 4.43 Å². The summed E-state index contributed by atoms with van der Waals surface area (Å²) in [6.45, 7) is 16.6. The van der Waals surface area contributed by atoms with Crippen molar-refractivity contribution in [2.75, 3.05) is 26.2 Å². The highest BCUT2D eigenvalue weighted by molar-refractivity contribution is 6.17. The largest absolute Gasteiger partial charge is 0.406 e. The Morgan fingerprint density at radius 2 is 1.15 bits per heavy atom. The molecule has 0 aromatic rings. The van der Waals surface area contributed by atoms with Gasteiger partial charge in [-0.2, -0.15) is 0 Å². The molecule has 0 aromatic carbocycles. The van der Waals surface area contributed by atoms with Gasteiger partial charge in [-0.3, -0.25) is 0 Å². The lowest BCUT2D eigenvalue weighted by atomic mass is 9.94. The van der Waals surface area contributed by atoms with Gasteiger partial charge in [-0.1, -0.05) is 79.1 Å². The molecule has 0 spiro atoms. The lowest BCUT2D eigenvalue weighted by Gasteiger charge is -2.40. The van der Waals surface area contributed by atoms with E-state index in [1.807, 2.05) is 0 Å². The molecule has 0 aliphatic carbocycles. The maximum Gasteiger partial charge on any atom is 0.406 e. The van der Waals surface area contributed by atoms with E-state index in [4.69, 9.17) is 4.43 Å². The SMILES string of the molecule is CCCCCC[N+](CCCCCC)(CCC(CCC)CCC)[SiH2]OCC. The molecule has 0 fully saturated rings. The molecule has 26 heavy (non-hydrogen) atoms. The van der Waals surface area contributed by atoms with E-state index >= 15 is 0 Å². The van der Waals surface area contributed by atoms with Crippen molar-refractivity contribution in [1.82, 2.24) is 0 Å². The van der Waals surface area contributed by atoms with E-state index in [0.29, 0.717) is 0 Å². The van der Waals surface area contributed by atoms with Gasteiger partial charge < -0.3 is 8.57 Å². The standard InChI is InChI=1S/C23H52NOSi/c1-6-11-13-15-20-24(26-25-10-5,21-16-14-12-7-2)22-19-23(17-8-3)18-9-4/h23H,6-22,26H2,1-5H3/q+1. The van der Waals surface area contributed by atoms with Crippen LogP contribution in [0, 0.1) is 5.92 Å². The normalized spacial score (nSPS) is 12.7.